The van der Waals surface area contributed by atoms with E-state index in [1.54, 1.807) is 24.2 Å². The standard InChI is InChI=1S/C10H14N4O2/c1-11-10-12-4-2-9(13-10)16-8-3-5-14(6-8)7-15/h2,4,7-8H,3,5-6H2,1H3,(H,11,12,13). The highest BCUT2D eigenvalue weighted by Crippen LogP contribution is 2.15. The summed E-state index contributed by atoms with van der Waals surface area (Å²) in [4.78, 5) is 20.4. The van der Waals surface area contributed by atoms with Gasteiger partial charge in [0.25, 0.3) is 0 Å². The van der Waals surface area contributed by atoms with Crippen LogP contribution in [0, 0.1) is 0 Å². The zero-order valence-electron chi connectivity index (χ0n) is 9.09. The highest BCUT2D eigenvalue weighted by Gasteiger charge is 2.23. The van der Waals surface area contributed by atoms with E-state index < -0.39 is 0 Å². The minimum Gasteiger partial charge on any atom is -0.472 e. The molecule has 6 nitrogen and oxygen atoms in total. The zero-order valence-corrected chi connectivity index (χ0v) is 9.09. The fraction of sp³-hybridized carbons (Fsp3) is 0.500. The van der Waals surface area contributed by atoms with Gasteiger partial charge in [0.1, 0.15) is 6.10 Å². The minimum absolute atomic E-state index is 0.0322. The van der Waals surface area contributed by atoms with Crippen LogP contribution in [0.25, 0.3) is 0 Å². The number of anilines is 1. The molecule has 1 aliphatic heterocycles. The lowest BCUT2D eigenvalue weighted by Gasteiger charge is -2.12. The molecule has 1 aromatic heterocycles. The molecule has 0 spiro atoms. The maximum absolute atomic E-state index is 10.5. The predicted molar refractivity (Wildman–Crippen MR) is 58.2 cm³/mol. The quantitative estimate of drug-likeness (QED) is 0.733. The number of likely N-dealkylation sites (tertiary alicyclic amines) is 1. The van der Waals surface area contributed by atoms with E-state index in [-0.39, 0.29) is 6.10 Å². The van der Waals surface area contributed by atoms with Crippen molar-refractivity contribution in [1.82, 2.24) is 14.9 Å². The highest BCUT2D eigenvalue weighted by atomic mass is 16.5. The van der Waals surface area contributed by atoms with Crippen LogP contribution < -0.4 is 10.1 Å². The number of carbonyl (C=O) groups excluding carboxylic acids is 1. The smallest absolute Gasteiger partial charge is 0.225 e. The van der Waals surface area contributed by atoms with Gasteiger partial charge >= 0.3 is 0 Å². The molecular weight excluding hydrogens is 208 g/mol. The fourth-order valence-electron chi connectivity index (χ4n) is 1.64. The Bertz CT molecular complexity index is 372. The summed E-state index contributed by atoms with van der Waals surface area (Å²) in [5.74, 6) is 1.07. The largest absolute Gasteiger partial charge is 0.472 e. The highest BCUT2D eigenvalue weighted by molar-refractivity contribution is 5.47. The number of hydrogen-bond acceptors (Lipinski definition) is 5. The predicted octanol–water partition coefficient (Wildman–Crippen LogP) is 0.128. The van der Waals surface area contributed by atoms with Crippen molar-refractivity contribution in [1.29, 1.82) is 0 Å². The first-order chi connectivity index (χ1) is 7.81. The topological polar surface area (TPSA) is 67.4 Å². The van der Waals surface area contributed by atoms with Crippen molar-refractivity contribution in [2.75, 3.05) is 25.5 Å². The van der Waals surface area contributed by atoms with Crippen molar-refractivity contribution in [2.24, 2.45) is 0 Å². The summed E-state index contributed by atoms with van der Waals surface area (Å²) in [6.07, 6.45) is 3.37. The third-order valence-corrected chi connectivity index (χ3v) is 2.47. The van der Waals surface area contributed by atoms with Gasteiger partial charge in [0, 0.05) is 32.3 Å². The van der Waals surface area contributed by atoms with Gasteiger partial charge in [-0.1, -0.05) is 0 Å². The molecule has 1 unspecified atom stereocenters. The molecule has 6 heteroatoms. The summed E-state index contributed by atoms with van der Waals surface area (Å²) >= 11 is 0. The number of rotatable bonds is 4. The second-order valence-corrected chi connectivity index (χ2v) is 3.60. The minimum atomic E-state index is 0.0322. The Morgan fingerprint density at radius 3 is 3.25 bits per heavy atom. The number of nitrogens with zero attached hydrogens (tertiary/aromatic N) is 3. The Labute approximate surface area is 93.6 Å². The lowest BCUT2D eigenvalue weighted by atomic mass is 10.3. The van der Waals surface area contributed by atoms with Crippen molar-refractivity contribution in [2.45, 2.75) is 12.5 Å². The summed E-state index contributed by atoms with van der Waals surface area (Å²) in [6.45, 7) is 1.38. The second kappa shape index (κ2) is 4.78. The molecule has 0 saturated carbocycles. The molecule has 1 aliphatic rings. The summed E-state index contributed by atoms with van der Waals surface area (Å²) in [7, 11) is 1.75. The van der Waals surface area contributed by atoms with Crippen LogP contribution in [-0.4, -0.2) is 47.5 Å². The third kappa shape index (κ3) is 2.39. The van der Waals surface area contributed by atoms with Gasteiger partial charge in [-0.3, -0.25) is 4.79 Å². The molecule has 16 heavy (non-hydrogen) atoms. The van der Waals surface area contributed by atoms with Gasteiger partial charge in [-0.05, 0) is 0 Å². The number of aromatic nitrogens is 2. The number of hydrogen-bond donors (Lipinski definition) is 1. The summed E-state index contributed by atoms with van der Waals surface area (Å²) in [6, 6.07) is 1.71. The lowest BCUT2D eigenvalue weighted by molar-refractivity contribution is -0.117. The van der Waals surface area contributed by atoms with Crippen LogP contribution in [0.15, 0.2) is 12.3 Å². The van der Waals surface area contributed by atoms with Crippen LogP contribution in [0.5, 0.6) is 5.88 Å². The Hall–Kier alpha value is -1.85. The normalized spacial score (nSPS) is 19.6. The molecule has 0 radical (unpaired) electrons. The molecular formula is C10H14N4O2. The fourth-order valence-corrected chi connectivity index (χ4v) is 1.64. The first kappa shape index (κ1) is 10.7. The molecule has 1 fully saturated rings. The molecule has 0 aliphatic carbocycles. The average Bonchev–Trinajstić information content (AvgIpc) is 2.77. The van der Waals surface area contributed by atoms with E-state index in [0.29, 0.717) is 18.4 Å². The van der Waals surface area contributed by atoms with Gasteiger partial charge in [0.05, 0.1) is 6.54 Å². The summed E-state index contributed by atoms with van der Waals surface area (Å²) in [5, 5.41) is 2.84. The van der Waals surface area contributed by atoms with E-state index in [2.05, 4.69) is 15.3 Å². The van der Waals surface area contributed by atoms with Gasteiger partial charge in [-0.2, -0.15) is 4.98 Å². The molecule has 1 N–H and O–H groups in total. The first-order valence-corrected chi connectivity index (χ1v) is 5.18. The number of carbonyl (C=O) groups is 1. The number of ether oxygens (including phenoxy) is 1. The van der Waals surface area contributed by atoms with Gasteiger partial charge in [-0.15, -0.1) is 0 Å². The Balaban J connectivity index is 1.96. The second-order valence-electron chi connectivity index (χ2n) is 3.60. The first-order valence-electron chi connectivity index (χ1n) is 5.18. The Kier molecular flexibility index (Phi) is 3.19. The zero-order chi connectivity index (χ0) is 11.4. The molecule has 0 bridgehead atoms. The van der Waals surface area contributed by atoms with E-state index in [0.717, 1.165) is 19.4 Å². The molecule has 2 heterocycles. The summed E-state index contributed by atoms with van der Waals surface area (Å²) < 4.78 is 5.66. The van der Waals surface area contributed by atoms with Crippen LogP contribution in [0.1, 0.15) is 6.42 Å². The molecule has 2 rings (SSSR count). The number of nitrogens with one attached hydrogen (secondary N) is 1. The van der Waals surface area contributed by atoms with E-state index in [1.807, 2.05) is 0 Å². The van der Waals surface area contributed by atoms with E-state index >= 15 is 0 Å². The van der Waals surface area contributed by atoms with Crippen molar-refractivity contribution < 1.29 is 9.53 Å². The van der Waals surface area contributed by atoms with Crippen LogP contribution in [-0.2, 0) is 4.79 Å². The van der Waals surface area contributed by atoms with E-state index in [9.17, 15) is 4.79 Å². The van der Waals surface area contributed by atoms with Crippen LogP contribution >= 0.6 is 0 Å². The van der Waals surface area contributed by atoms with Crippen molar-refractivity contribution in [3.05, 3.63) is 12.3 Å². The van der Waals surface area contributed by atoms with Crippen molar-refractivity contribution >= 4 is 12.4 Å². The van der Waals surface area contributed by atoms with E-state index in [4.69, 9.17) is 4.74 Å². The Morgan fingerprint density at radius 1 is 1.69 bits per heavy atom. The van der Waals surface area contributed by atoms with Crippen molar-refractivity contribution in [3.63, 3.8) is 0 Å². The van der Waals surface area contributed by atoms with E-state index in [1.165, 1.54) is 0 Å². The molecule has 1 amide bonds. The Morgan fingerprint density at radius 2 is 2.56 bits per heavy atom. The molecule has 1 aromatic rings. The van der Waals surface area contributed by atoms with Gasteiger partial charge in [0.2, 0.25) is 18.2 Å². The lowest BCUT2D eigenvalue weighted by Crippen LogP contribution is -2.23. The molecule has 1 saturated heterocycles. The van der Waals surface area contributed by atoms with Crippen LogP contribution in [0.2, 0.25) is 0 Å². The number of amides is 1. The summed E-state index contributed by atoms with van der Waals surface area (Å²) in [5.41, 5.74) is 0. The maximum atomic E-state index is 10.5. The monoisotopic (exact) mass is 222 g/mol. The maximum Gasteiger partial charge on any atom is 0.225 e. The molecule has 86 valence electrons. The van der Waals surface area contributed by atoms with Crippen LogP contribution in [0.4, 0.5) is 5.95 Å². The van der Waals surface area contributed by atoms with Crippen molar-refractivity contribution in [3.8, 4) is 5.88 Å². The average molecular weight is 222 g/mol. The van der Waals surface area contributed by atoms with Crippen LogP contribution in [0.3, 0.4) is 0 Å². The van der Waals surface area contributed by atoms with Gasteiger partial charge < -0.3 is 15.0 Å². The van der Waals surface area contributed by atoms with Gasteiger partial charge in [-0.25, -0.2) is 4.98 Å². The molecule has 0 aromatic carbocycles. The SMILES string of the molecule is CNc1nccc(OC2CCN(C=O)C2)n1. The van der Waals surface area contributed by atoms with Gasteiger partial charge in [0.15, 0.2) is 0 Å². The third-order valence-electron chi connectivity index (χ3n) is 2.47. The molecule has 1 atom stereocenters.